The summed E-state index contributed by atoms with van der Waals surface area (Å²) in [7, 11) is 0. The predicted octanol–water partition coefficient (Wildman–Crippen LogP) is 9.43. The maximum absolute atomic E-state index is 4.36. The Balaban J connectivity index is 1.48. The molecule has 4 heteroatoms. The van der Waals surface area contributed by atoms with Gasteiger partial charge in [-0.25, -0.2) is 0 Å². The highest BCUT2D eigenvalue weighted by molar-refractivity contribution is 6.09. The van der Waals surface area contributed by atoms with Gasteiger partial charge in [0.05, 0.1) is 0 Å². The van der Waals surface area contributed by atoms with Gasteiger partial charge in [-0.2, -0.15) is 0 Å². The topological polar surface area (TPSA) is 51.0 Å². The molecule has 0 saturated carbocycles. The van der Waals surface area contributed by atoms with Crippen molar-refractivity contribution in [2.24, 2.45) is 4.99 Å². The number of benzene rings is 3. The van der Waals surface area contributed by atoms with Crippen LogP contribution in [0.15, 0.2) is 159 Å². The smallest absolute Gasteiger partial charge is 0.0346 e. The first kappa shape index (κ1) is 26.5. The summed E-state index contributed by atoms with van der Waals surface area (Å²) >= 11 is 0. The molecule has 0 N–H and O–H groups in total. The SMILES string of the molecule is C=CN=CC(=C)c1cc(-c2cccnc2)cc(-c2cccc(-c3cc(-c4cccnc4)cc(-c4cccnc4)c3)c2)c1. The number of allylic oxidation sites excluding steroid dienone is 1. The highest BCUT2D eigenvalue weighted by Gasteiger charge is 2.11. The van der Waals surface area contributed by atoms with Crippen LogP contribution in [0.3, 0.4) is 0 Å². The van der Waals surface area contributed by atoms with Crippen LogP contribution in [0.1, 0.15) is 5.56 Å². The largest absolute Gasteiger partial charge is 0.265 e. The summed E-state index contributed by atoms with van der Waals surface area (Å²) in [6, 6.07) is 33.9. The van der Waals surface area contributed by atoms with Gasteiger partial charge in [-0.3, -0.25) is 19.9 Å². The van der Waals surface area contributed by atoms with Crippen molar-refractivity contribution in [3.8, 4) is 55.6 Å². The van der Waals surface area contributed by atoms with Gasteiger partial charge < -0.3 is 0 Å². The fourth-order valence-electron chi connectivity index (χ4n) is 4.97. The molecule has 6 aromatic rings. The van der Waals surface area contributed by atoms with Gasteiger partial charge in [0.25, 0.3) is 0 Å². The van der Waals surface area contributed by atoms with Gasteiger partial charge in [0.1, 0.15) is 0 Å². The third-order valence-corrected chi connectivity index (χ3v) is 7.09. The van der Waals surface area contributed by atoms with E-state index in [4.69, 9.17) is 0 Å². The Morgan fingerprint density at radius 3 is 1.31 bits per heavy atom. The maximum Gasteiger partial charge on any atom is 0.0346 e. The quantitative estimate of drug-likeness (QED) is 0.181. The van der Waals surface area contributed by atoms with Crippen LogP contribution in [0, 0.1) is 0 Å². The van der Waals surface area contributed by atoms with E-state index < -0.39 is 0 Å². The van der Waals surface area contributed by atoms with E-state index in [9.17, 15) is 0 Å². The molecule has 0 radical (unpaired) electrons. The van der Waals surface area contributed by atoms with Crippen LogP contribution in [0.2, 0.25) is 0 Å². The lowest BCUT2D eigenvalue weighted by Gasteiger charge is -2.13. The minimum atomic E-state index is 0.809. The fraction of sp³-hybridized carbons (Fsp3) is 0. The molecule has 0 spiro atoms. The van der Waals surface area contributed by atoms with Crippen molar-refractivity contribution in [2.75, 3.05) is 0 Å². The molecule has 0 aliphatic heterocycles. The molecular formula is C38H28N4. The molecule has 0 bridgehead atoms. The van der Waals surface area contributed by atoms with E-state index in [1.54, 1.807) is 24.8 Å². The molecule has 0 atom stereocenters. The van der Waals surface area contributed by atoms with E-state index in [-0.39, 0.29) is 0 Å². The Morgan fingerprint density at radius 2 is 0.881 bits per heavy atom. The van der Waals surface area contributed by atoms with Crippen LogP contribution in [0.4, 0.5) is 0 Å². The van der Waals surface area contributed by atoms with E-state index in [0.717, 1.165) is 66.8 Å². The summed E-state index contributed by atoms with van der Waals surface area (Å²) in [6.07, 6.45) is 14.3. The van der Waals surface area contributed by atoms with Gasteiger partial charge in [0.15, 0.2) is 0 Å². The zero-order chi connectivity index (χ0) is 28.7. The molecule has 0 unspecified atom stereocenters. The second-order valence-corrected chi connectivity index (χ2v) is 9.89. The number of hydrogen-bond donors (Lipinski definition) is 0. The number of aliphatic imine (C=N–C) groups is 1. The molecule has 3 heterocycles. The number of rotatable bonds is 8. The summed E-state index contributed by atoms with van der Waals surface area (Å²) in [5.74, 6) is 0. The Morgan fingerprint density at radius 1 is 0.500 bits per heavy atom. The second kappa shape index (κ2) is 12.2. The van der Waals surface area contributed by atoms with Crippen LogP contribution in [-0.2, 0) is 0 Å². The molecule has 0 aliphatic carbocycles. The van der Waals surface area contributed by atoms with Gasteiger partial charge in [0.2, 0.25) is 0 Å². The van der Waals surface area contributed by atoms with Crippen molar-refractivity contribution in [1.29, 1.82) is 0 Å². The first-order valence-corrected chi connectivity index (χ1v) is 13.6. The average Bonchev–Trinajstić information content (AvgIpc) is 3.08. The molecule has 200 valence electrons. The first-order valence-electron chi connectivity index (χ1n) is 13.6. The lowest BCUT2D eigenvalue weighted by Crippen LogP contribution is -1.91. The van der Waals surface area contributed by atoms with Crippen molar-refractivity contribution >= 4 is 11.8 Å². The van der Waals surface area contributed by atoms with Crippen LogP contribution < -0.4 is 0 Å². The van der Waals surface area contributed by atoms with Crippen molar-refractivity contribution in [2.45, 2.75) is 0 Å². The summed E-state index contributed by atoms with van der Waals surface area (Å²) in [6.45, 7) is 7.94. The van der Waals surface area contributed by atoms with Gasteiger partial charge in [0, 0.05) is 66.3 Å². The van der Waals surface area contributed by atoms with Crippen molar-refractivity contribution in [1.82, 2.24) is 15.0 Å². The van der Waals surface area contributed by atoms with E-state index >= 15 is 0 Å². The summed E-state index contributed by atoms with van der Waals surface area (Å²) in [4.78, 5) is 17.2. The summed E-state index contributed by atoms with van der Waals surface area (Å²) in [5.41, 5.74) is 12.6. The molecule has 4 nitrogen and oxygen atoms in total. The summed E-state index contributed by atoms with van der Waals surface area (Å²) in [5, 5.41) is 0. The second-order valence-electron chi connectivity index (χ2n) is 9.89. The Labute approximate surface area is 246 Å². The number of nitrogens with zero attached hydrogens (tertiary/aromatic N) is 4. The predicted molar refractivity (Wildman–Crippen MR) is 175 cm³/mol. The third-order valence-electron chi connectivity index (χ3n) is 7.09. The normalized spacial score (nSPS) is 11.0. The lowest BCUT2D eigenvalue weighted by atomic mass is 9.91. The number of aromatic nitrogens is 3. The Bertz CT molecular complexity index is 1840. The standard InChI is InChI=1S/C38H28N4/c1-3-39-23-27(2)33-17-34(19-36(18-33)30-10-5-13-40-24-30)28-8-4-9-29(16-28)35-20-37(31-11-6-14-41-25-31)22-38(21-35)32-12-7-15-42-26-32/h3-26H,1-2H2. The van der Waals surface area contributed by atoms with E-state index in [0.29, 0.717) is 0 Å². The van der Waals surface area contributed by atoms with Crippen molar-refractivity contribution in [3.63, 3.8) is 0 Å². The van der Waals surface area contributed by atoms with Gasteiger partial charge >= 0.3 is 0 Å². The molecule has 42 heavy (non-hydrogen) atoms. The van der Waals surface area contributed by atoms with Crippen LogP contribution in [0.5, 0.6) is 0 Å². The van der Waals surface area contributed by atoms with Crippen molar-refractivity contribution in [3.05, 3.63) is 159 Å². The monoisotopic (exact) mass is 540 g/mol. The summed E-state index contributed by atoms with van der Waals surface area (Å²) < 4.78 is 0. The Hall–Kier alpha value is -5.74. The van der Waals surface area contributed by atoms with E-state index in [2.05, 4.69) is 112 Å². The zero-order valence-electron chi connectivity index (χ0n) is 23.1. The number of hydrogen-bond acceptors (Lipinski definition) is 4. The van der Waals surface area contributed by atoms with Crippen LogP contribution >= 0.6 is 0 Å². The highest BCUT2D eigenvalue weighted by atomic mass is 14.7. The zero-order valence-corrected chi connectivity index (χ0v) is 23.1. The van der Waals surface area contributed by atoms with Gasteiger partial charge in [-0.15, -0.1) is 0 Å². The van der Waals surface area contributed by atoms with Crippen molar-refractivity contribution < 1.29 is 0 Å². The Kier molecular flexibility index (Phi) is 7.69. The fourth-order valence-corrected chi connectivity index (χ4v) is 4.97. The molecule has 0 amide bonds. The lowest BCUT2D eigenvalue weighted by molar-refractivity contribution is 1.32. The molecule has 3 aromatic heterocycles. The van der Waals surface area contributed by atoms with Gasteiger partial charge in [-0.1, -0.05) is 49.6 Å². The molecule has 0 fully saturated rings. The molecule has 6 rings (SSSR count). The number of pyridine rings is 3. The minimum absolute atomic E-state index is 0.809. The molecule has 3 aromatic carbocycles. The highest BCUT2D eigenvalue weighted by Crippen LogP contribution is 2.35. The van der Waals surface area contributed by atoms with E-state index in [1.807, 2.05) is 36.8 Å². The minimum Gasteiger partial charge on any atom is -0.265 e. The third kappa shape index (κ3) is 5.88. The maximum atomic E-state index is 4.36. The average molecular weight is 541 g/mol. The van der Waals surface area contributed by atoms with Crippen LogP contribution in [0.25, 0.3) is 61.2 Å². The molecule has 0 saturated heterocycles. The van der Waals surface area contributed by atoms with Gasteiger partial charge in [-0.05, 0) is 111 Å². The van der Waals surface area contributed by atoms with Crippen LogP contribution in [-0.4, -0.2) is 21.2 Å². The molecule has 0 aliphatic rings. The first-order chi connectivity index (χ1) is 20.7. The van der Waals surface area contributed by atoms with E-state index in [1.165, 1.54) is 6.20 Å². The molecular weight excluding hydrogens is 512 g/mol.